The summed E-state index contributed by atoms with van der Waals surface area (Å²) in [5, 5.41) is 0. The van der Waals surface area contributed by atoms with Gasteiger partial charge in [0.25, 0.3) is 0 Å². The highest BCUT2D eigenvalue weighted by Crippen LogP contribution is 2.14. The minimum Gasteiger partial charge on any atom is -0.469 e. The summed E-state index contributed by atoms with van der Waals surface area (Å²) in [7, 11) is 0. The molecule has 1 rings (SSSR count). The number of aryl methyl sites for hydroxylation is 1. The molecular weight excluding hydrogens is 114 g/mol. The summed E-state index contributed by atoms with van der Waals surface area (Å²) in [5.74, 6) is 0.921. The molecule has 0 fully saturated rings. The number of hydrogen-bond acceptors (Lipinski definition) is 2. The van der Waals surface area contributed by atoms with Crippen LogP contribution in [0.5, 0.6) is 0 Å². The van der Waals surface area contributed by atoms with E-state index in [-0.39, 0.29) is 6.04 Å². The summed E-state index contributed by atoms with van der Waals surface area (Å²) in [6.45, 7) is 3.86. The summed E-state index contributed by atoms with van der Waals surface area (Å²) in [4.78, 5) is 0. The zero-order chi connectivity index (χ0) is 6.85. The Kier molecular flexibility index (Phi) is 1.58. The van der Waals surface area contributed by atoms with E-state index in [2.05, 4.69) is 0 Å². The van der Waals surface area contributed by atoms with Gasteiger partial charge in [-0.25, -0.2) is 0 Å². The minimum absolute atomic E-state index is 0.0868. The van der Waals surface area contributed by atoms with Gasteiger partial charge in [0.2, 0.25) is 0 Å². The van der Waals surface area contributed by atoms with Crippen LogP contribution in [-0.4, -0.2) is 0 Å². The first-order valence-electron chi connectivity index (χ1n) is 3.01. The van der Waals surface area contributed by atoms with Crippen LogP contribution in [0.4, 0.5) is 0 Å². The second-order valence-electron chi connectivity index (χ2n) is 2.22. The molecule has 0 amide bonds. The SMILES string of the molecule is Cc1occc1[C@@H](C)N. The van der Waals surface area contributed by atoms with E-state index in [0.717, 1.165) is 11.3 Å². The minimum atomic E-state index is 0.0868. The Bertz CT molecular complexity index is 191. The van der Waals surface area contributed by atoms with Crippen LogP contribution < -0.4 is 5.73 Å². The maximum absolute atomic E-state index is 5.60. The van der Waals surface area contributed by atoms with Crippen LogP contribution >= 0.6 is 0 Å². The Morgan fingerprint density at radius 1 is 1.67 bits per heavy atom. The van der Waals surface area contributed by atoms with Crippen LogP contribution in [0.3, 0.4) is 0 Å². The van der Waals surface area contributed by atoms with Gasteiger partial charge in [0.15, 0.2) is 0 Å². The molecule has 1 aromatic rings. The molecule has 0 saturated carbocycles. The van der Waals surface area contributed by atoms with Crippen LogP contribution in [0.15, 0.2) is 16.7 Å². The van der Waals surface area contributed by atoms with E-state index in [4.69, 9.17) is 10.2 Å². The fourth-order valence-corrected chi connectivity index (χ4v) is 0.867. The molecule has 1 heterocycles. The van der Waals surface area contributed by atoms with E-state index in [1.165, 1.54) is 0 Å². The van der Waals surface area contributed by atoms with Gasteiger partial charge >= 0.3 is 0 Å². The van der Waals surface area contributed by atoms with Crippen molar-refractivity contribution in [2.45, 2.75) is 19.9 Å². The average Bonchev–Trinajstić information content (AvgIpc) is 2.13. The average molecular weight is 125 g/mol. The molecule has 0 aliphatic heterocycles. The van der Waals surface area contributed by atoms with Gasteiger partial charge < -0.3 is 10.2 Å². The van der Waals surface area contributed by atoms with Gasteiger partial charge in [-0.05, 0) is 19.9 Å². The van der Waals surface area contributed by atoms with E-state index in [0.29, 0.717) is 0 Å². The summed E-state index contributed by atoms with van der Waals surface area (Å²) in [6, 6.07) is 1.99. The first-order valence-corrected chi connectivity index (χ1v) is 3.01. The predicted octanol–water partition coefficient (Wildman–Crippen LogP) is 1.61. The first-order chi connectivity index (χ1) is 4.22. The van der Waals surface area contributed by atoms with Crippen LogP contribution in [0.2, 0.25) is 0 Å². The van der Waals surface area contributed by atoms with E-state index in [1.54, 1.807) is 6.26 Å². The third kappa shape index (κ3) is 1.13. The molecule has 9 heavy (non-hydrogen) atoms. The molecule has 0 radical (unpaired) electrons. The molecule has 2 heteroatoms. The van der Waals surface area contributed by atoms with Gasteiger partial charge in [0, 0.05) is 11.6 Å². The monoisotopic (exact) mass is 125 g/mol. The lowest BCUT2D eigenvalue weighted by molar-refractivity contribution is 0.526. The van der Waals surface area contributed by atoms with Crippen molar-refractivity contribution in [3.63, 3.8) is 0 Å². The molecule has 2 N–H and O–H groups in total. The smallest absolute Gasteiger partial charge is 0.105 e. The highest BCUT2D eigenvalue weighted by atomic mass is 16.3. The van der Waals surface area contributed by atoms with Gasteiger partial charge in [0.05, 0.1) is 6.26 Å². The van der Waals surface area contributed by atoms with Gasteiger partial charge in [-0.2, -0.15) is 0 Å². The lowest BCUT2D eigenvalue weighted by Gasteiger charge is -1.99. The van der Waals surface area contributed by atoms with Crippen molar-refractivity contribution in [2.75, 3.05) is 0 Å². The van der Waals surface area contributed by atoms with E-state index in [1.807, 2.05) is 19.9 Å². The molecule has 0 unspecified atom stereocenters. The topological polar surface area (TPSA) is 39.2 Å². The molecule has 1 atom stereocenters. The molecule has 0 aliphatic carbocycles. The Labute approximate surface area is 54.7 Å². The highest BCUT2D eigenvalue weighted by Gasteiger charge is 2.03. The molecular formula is C7H11NO. The maximum atomic E-state index is 5.60. The zero-order valence-corrected chi connectivity index (χ0v) is 5.72. The van der Waals surface area contributed by atoms with Crippen molar-refractivity contribution in [2.24, 2.45) is 5.73 Å². The summed E-state index contributed by atoms with van der Waals surface area (Å²) in [5.41, 5.74) is 6.69. The van der Waals surface area contributed by atoms with E-state index in [9.17, 15) is 0 Å². The molecule has 0 bridgehead atoms. The largest absolute Gasteiger partial charge is 0.469 e. The zero-order valence-electron chi connectivity index (χ0n) is 5.72. The van der Waals surface area contributed by atoms with Crippen LogP contribution in [0.1, 0.15) is 24.3 Å². The third-order valence-corrected chi connectivity index (χ3v) is 1.39. The standard InChI is InChI=1S/C7H11NO/c1-5(8)7-3-4-9-6(7)2/h3-5H,8H2,1-2H3/t5-/m1/s1. The van der Waals surface area contributed by atoms with Gasteiger partial charge in [-0.1, -0.05) is 0 Å². The lowest BCUT2D eigenvalue weighted by Crippen LogP contribution is -2.04. The second-order valence-corrected chi connectivity index (χ2v) is 2.22. The second kappa shape index (κ2) is 2.23. The molecule has 0 saturated heterocycles. The summed E-state index contributed by atoms with van der Waals surface area (Å²) >= 11 is 0. The molecule has 1 aromatic heterocycles. The predicted molar refractivity (Wildman–Crippen MR) is 36.0 cm³/mol. The number of furan rings is 1. The van der Waals surface area contributed by atoms with Crippen LogP contribution in [0.25, 0.3) is 0 Å². The van der Waals surface area contributed by atoms with Crippen molar-refractivity contribution in [1.82, 2.24) is 0 Å². The van der Waals surface area contributed by atoms with Crippen molar-refractivity contribution in [3.05, 3.63) is 23.7 Å². The number of hydrogen-bond donors (Lipinski definition) is 1. The van der Waals surface area contributed by atoms with Crippen molar-refractivity contribution >= 4 is 0 Å². The van der Waals surface area contributed by atoms with Gasteiger partial charge in [-0.3, -0.25) is 0 Å². The van der Waals surface area contributed by atoms with Crippen molar-refractivity contribution in [3.8, 4) is 0 Å². The fraction of sp³-hybridized carbons (Fsp3) is 0.429. The van der Waals surface area contributed by atoms with Crippen molar-refractivity contribution < 1.29 is 4.42 Å². The van der Waals surface area contributed by atoms with Crippen LogP contribution in [-0.2, 0) is 0 Å². The fourth-order valence-electron chi connectivity index (χ4n) is 0.867. The van der Waals surface area contributed by atoms with Crippen molar-refractivity contribution in [1.29, 1.82) is 0 Å². The maximum Gasteiger partial charge on any atom is 0.105 e. The number of nitrogens with two attached hydrogens (primary N) is 1. The lowest BCUT2D eigenvalue weighted by atomic mass is 10.1. The Morgan fingerprint density at radius 3 is 2.56 bits per heavy atom. The Morgan fingerprint density at radius 2 is 2.33 bits per heavy atom. The normalized spacial score (nSPS) is 13.7. The Hall–Kier alpha value is -0.760. The molecule has 2 nitrogen and oxygen atoms in total. The summed E-state index contributed by atoms with van der Waals surface area (Å²) < 4.78 is 5.05. The molecule has 50 valence electrons. The summed E-state index contributed by atoms with van der Waals surface area (Å²) in [6.07, 6.45) is 1.66. The van der Waals surface area contributed by atoms with Gasteiger partial charge in [0.1, 0.15) is 5.76 Å². The van der Waals surface area contributed by atoms with Gasteiger partial charge in [-0.15, -0.1) is 0 Å². The van der Waals surface area contributed by atoms with E-state index >= 15 is 0 Å². The quantitative estimate of drug-likeness (QED) is 0.619. The van der Waals surface area contributed by atoms with E-state index < -0.39 is 0 Å². The highest BCUT2D eigenvalue weighted by molar-refractivity contribution is 5.18. The third-order valence-electron chi connectivity index (χ3n) is 1.39. The van der Waals surface area contributed by atoms with Crippen LogP contribution in [0, 0.1) is 6.92 Å². The molecule has 0 aliphatic rings. The first kappa shape index (κ1) is 6.36. The molecule has 0 spiro atoms. The number of rotatable bonds is 1. The molecule has 0 aromatic carbocycles. The Balaban J connectivity index is 2.94.